The molecule has 4 N–H and O–H groups in total. The van der Waals surface area contributed by atoms with E-state index in [9.17, 15) is 14.7 Å². The minimum atomic E-state index is -0.554. The lowest BCUT2D eigenvalue weighted by molar-refractivity contribution is -0.125. The highest BCUT2D eigenvalue weighted by atomic mass is 35.5. The monoisotopic (exact) mass is 490 g/mol. The van der Waals surface area contributed by atoms with Crippen LogP contribution in [0.15, 0.2) is 24.4 Å². The number of anilines is 1. The van der Waals surface area contributed by atoms with Crippen LogP contribution in [-0.4, -0.2) is 40.1 Å². The van der Waals surface area contributed by atoms with Crippen LogP contribution in [0.25, 0.3) is 0 Å². The first-order valence-electron chi connectivity index (χ1n) is 11.6. The molecule has 2 aromatic rings. The number of aromatic nitrogens is 1. The van der Waals surface area contributed by atoms with Crippen molar-refractivity contribution >= 4 is 40.4 Å². The van der Waals surface area contributed by atoms with Gasteiger partial charge in [-0.1, -0.05) is 37.3 Å². The van der Waals surface area contributed by atoms with Crippen molar-refractivity contribution in [3.05, 3.63) is 44.9 Å². The van der Waals surface area contributed by atoms with E-state index in [0.29, 0.717) is 41.6 Å². The number of amides is 2. The fourth-order valence-electron chi connectivity index (χ4n) is 4.51. The summed E-state index contributed by atoms with van der Waals surface area (Å²) < 4.78 is 0. The number of thiophene rings is 1. The van der Waals surface area contributed by atoms with Gasteiger partial charge in [0.1, 0.15) is 6.04 Å². The highest BCUT2D eigenvalue weighted by Gasteiger charge is 2.33. The van der Waals surface area contributed by atoms with Gasteiger partial charge in [-0.15, -0.1) is 11.3 Å². The first-order chi connectivity index (χ1) is 15.9. The number of aryl methyl sites for hydroxylation is 1. The van der Waals surface area contributed by atoms with E-state index in [1.807, 2.05) is 19.1 Å². The Morgan fingerprint density at radius 2 is 2.03 bits per heavy atom. The maximum Gasteiger partial charge on any atom is 0.262 e. The molecule has 2 aliphatic carbocycles. The highest BCUT2D eigenvalue weighted by molar-refractivity contribution is 7.14. The quantitative estimate of drug-likeness (QED) is 0.425. The van der Waals surface area contributed by atoms with Crippen molar-refractivity contribution in [1.29, 1.82) is 0 Å². The molecule has 2 aromatic heterocycles. The maximum absolute atomic E-state index is 13.0. The van der Waals surface area contributed by atoms with Gasteiger partial charge in [-0.05, 0) is 50.3 Å². The van der Waals surface area contributed by atoms with Gasteiger partial charge in [0.2, 0.25) is 5.91 Å². The minimum Gasteiger partial charge on any atom is -0.393 e. The van der Waals surface area contributed by atoms with Crippen LogP contribution in [0.3, 0.4) is 0 Å². The Bertz CT molecular complexity index is 986. The second-order valence-corrected chi connectivity index (χ2v) is 10.8. The van der Waals surface area contributed by atoms with Crippen molar-refractivity contribution in [1.82, 2.24) is 15.6 Å². The van der Waals surface area contributed by atoms with Crippen LogP contribution in [0.2, 0.25) is 5.02 Å². The van der Waals surface area contributed by atoms with Crippen LogP contribution in [0, 0.1) is 12.8 Å². The normalized spacial score (nSPS) is 21.3. The van der Waals surface area contributed by atoms with E-state index in [1.54, 1.807) is 12.3 Å². The molecule has 9 heteroatoms. The van der Waals surface area contributed by atoms with Gasteiger partial charge in [0.15, 0.2) is 0 Å². The van der Waals surface area contributed by atoms with Gasteiger partial charge in [0.05, 0.1) is 27.4 Å². The number of carbonyl (C=O) groups excluding carboxylic acids is 2. The Hall–Kier alpha value is -2.16. The molecule has 0 spiro atoms. The minimum absolute atomic E-state index is 0.000619. The Kier molecular flexibility index (Phi) is 7.88. The number of rotatable bonds is 9. The average molecular weight is 491 g/mol. The topological polar surface area (TPSA) is 103 Å². The van der Waals surface area contributed by atoms with Crippen LogP contribution in [0.4, 0.5) is 5.69 Å². The lowest BCUT2D eigenvalue weighted by Gasteiger charge is -2.33. The molecule has 0 aliphatic heterocycles. The Morgan fingerprint density at radius 1 is 1.27 bits per heavy atom. The summed E-state index contributed by atoms with van der Waals surface area (Å²) >= 11 is 7.44. The van der Waals surface area contributed by atoms with Crippen molar-refractivity contribution in [2.45, 2.75) is 76.6 Å². The second-order valence-electron chi connectivity index (χ2n) is 9.15. The summed E-state index contributed by atoms with van der Waals surface area (Å²) in [6.45, 7) is 2.46. The third-order valence-corrected chi connectivity index (χ3v) is 7.81. The average Bonchev–Trinajstić information content (AvgIpc) is 3.45. The zero-order valence-corrected chi connectivity index (χ0v) is 20.3. The molecule has 2 aliphatic rings. The highest BCUT2D eigenvalue weighted by Crippen LogP contribution is 2.29. The Labute approximate surface area is 203 Å². The maximum atomic E-state index is 13.0. The summed E-state index contributed by atoms with van der Waals surface area (Å²) in [5.74, 6) is 0.0962. The van der Waals surface area contributed by atoms with Crippen molar-refractivity contribution in [2.75, 3.05) is 5.32 Å². The van der Waals surface area contributed by atoms with Gasteiger partial charge >= 0.3 is 0 Å². The first kappa shape index (κ1) is 24.0. The molecule has 2 heterocycles. The van der Waals surface area contributed by atoms with E-state index in [1.165, 1.54) is 24.2 Å². The summed E-state index contributed by atoms with van der Waals surface area (Å²) in [6, 6.07) is 4.99. The molecule has 1 atom stereocenters. The van der Waals surface area contributed by atoms with Crippen molar-refractivity contribution in [2.24, 2.45) is 5.92 Å². The van der Waals surface area contributed by atoms with Gasteiger partial charge < -0.3 is 21.1 Å². The van der Waals surface area contributed by atoms with E-state index in [0.717, 1.165) is 29.1 Å². The lowest BCUT2D eigenvalue weighted by Crippen LogP contribution is -2.54. The number of hydrogen-bond acceptors (Lipinski definition) is 6. The third kappa shape index (κ3) is 6.46. The Balaban J connectivity index is 1.36. The van der Waals surface area contributed by atoms with Crippen LogP contribution >= 0.6 is 22.9 Å². The second kappa shape index (κ2) is 10.8. The van der Waals surface area contributed by atoms with Crippen LogP contribution in [-0.2, 0) is 11.3 Å². The number of hydrogen-bond donors (Lipinski definition) is 4. The molecule has 2 fully saturated rings. The molecule has 0 aromatic carbocycles. The smallest absolute Gasteiger partial charge is 0.262 e. The molecule has 0 saturated heterocycles. The van der Waals surface area contributed by atoms with E-state index in [-0.39, 0.29) is 24.0 Å². The Morgan fingerprint density at radius 3 is 2.76 bits per heavy atom. The summed E-state index contributed by atoms with van der Waals surface area (Å²) in [4.78, 5) is 31.7. The first-order valence-corrected chi connectivity index (χ1v) is 12.8. The lowest BCUT2D eigenvalue weighted by atomic mass is 9.89. The molecule has 7 nitrogen and oxygen atoms in total. The largest absolute Gasteiger partial charge is 0.393 e. The van der Waals surface area contributed by atoms with Gasteiger partial charge in [0.25, 0.3) is 5.91 Å². The molecule has 0 bridgehead atoms. The van der Waals surface area contributed by atoms with E-state index >= 15 is 0 Å². The molecule has 0 radical (unpaired) electrons. The molecule has 4 rings (SSSR count). The fourth-order valence-corrected chi connectivity index (χ4v) is 5.52. The summed E-state index contributed by atoms with van der Waals surface area (Å²) in [6.07, 6.45) is 7.69. The molecular formula is C24H31ClN4O3S. The van der Waals surface area contributed by atoms with Crippen molar-refractivity contribution < 1.29 is 14.7 Å². The molecule has 2 saturated carbocycles. The van der Waals surface area contributed by atoms with Crippen LogP contribution in [0.1, 0.15) is 65.2 Å². The number of pyridine rings is 1. The number of aliphatic hydroxyl groups is 1. The van der Waals surface area contributed by atoms with Gasteiger partial charge in [-0.25, -0.2) is 0 Å². The molecule has 178 valence electrons. The molecule has 33 heavy (non-hydrogen) atoms. The van der Waals surface area contributed by atoms with E-state index < -0.39 is 6.04 Å². The summed E-state index contributed by atoms with van der Waals surface area (Å²) in [5.41, 5.74) is 1.71. The van der Waals surface area contributed by atoms with Gasteiger partial charge in [0, 0.05) is 23.7 Å². The summed E-state index contributed by atoms with van der Waals surface area (Å²) in [7, 11) is 0. The van der Waals surface area contributed by atoms with E-state index in [2.05, 4.69) is 20.9 Å². The zero-order chi connectivity index (χ0) is 23.4. The summed E-state index contributed by atoms with van der Waals surface area (Å²) in [5, 5.41) is 19.4. The third-order valence-electron chi connectivity index (χ3n) is 6.52. The fraction of sp³-hybridized carbons (Fsp3) is 0.542. The molecule has 2 amide bonds. The molecule has 1 unspecified atom stereocenters. The van der Waals surface area contributed by atoms with E-state index in [4.69, 9.17) is 11.6 Å². The number of nitrogens with one attached hydrogen (secondary N) is 3. The number of carbonyl (C=O) groups is 2. The number of aliphatic hydroxyl groups excluding tert-OH is 1. The number of nitrogens with zero attached hydrogens (tertiary/aromatic N) is 1. The van der Waals surface area contributed by atoms with Crippen LogP contribution in [0.5, 0.6) is 0 Å². The van der Waals surface area contributed by atoms with Crippen molar-refractivity contribution in [3.63, 3.8) is 0 Å². The van der Waals surface area contributed by atoms with Crippen molar-refractivity contribution in [3.8, 4) is 0 Å². The predicted octanol–water partition coefficient (Wildman–Crippen LogP) is 4.04. The predicted molar refractivity (Wildman–Crippen MR) is 131 cm³/mol. The van der Waals surface area contributed by atoms with Crippen LogP contribution < -0.4 is 16.0 Å². The van der Waals surface area contributed by atoms with Gasteiger partial charge in [-0.3, -0.25) is 14.6 Å². The number of halogens is 1. The zero-order valence-electron chi connectivity index (χ0n) is 18.8. The molecular weight excluding hydrogens is 460 g/mol. The SMILES string of the molecule is Cc1ncc(Cl)cc1NCc1ccc(C(=O)NC(CC2CCCC2)C(=O)NC2CC(O)C2)s1. The van der Waals surface area contributed by atoms with Gasteiger partial charge in [-0.2, -0.15) is 0 Å². The standard InChI is InChI=1S/C24H31ClN4O3S/c1-14-20(9-16(25)12-26-14)27-13-19-6-7-22(33-19)24(32)29-21(8-15-4-2-3-5-15)23(31)28-17-10-18(30)11-17/h6-7,9,12,15,17-18,21,27,30H,2-5,8,10-11,13H2,1H3,(H,28,31)(H,29,32).